The monoisotopic (exact) mass is 307 g/mol. The summed E-state index contributed by atoms with van der Waals surface area (Å²) < 4.78 is 19.6. The number of benzene rings is 1. The van der Waals surface area contributed by atoms with Crippen LogP contribution in [0.15, 0.2) is 18.2 Å². The van der Waals surface area contributed by atoms with E-state index in [4.69, 9.17) is 4.74 Å². The molecule has 0 radical (unpaired) electrons. The minimum atomic E-state index is -0.366. The smallest absolute Gasteiger partial charge is 0.241 e. The molecule has 2 unspecified atom stereocenters. The number of amides is 1. The van der Waals surface area contributed by atoms with E-state index in [1.54, 1.807) is 12.1 Å². The number of hydrogen-bond donors (Lipinski definition) is 3. The van der Waals surface area contributed by atoms with Gasteiger partial charge in [0.25, 0.3) is 0 Å². The SMILES string of the molecule is O=C(Nc1ccc(NCC2CCCO2)c(F)c1)C1CCCN1. The Balaban J connectivity index is 1.55. The van der Waals surface area contributed by atoms with E-state index in [0.717, 1.165) is 38.8 Å². The van der Waals surface area contributed by atoms with Gasteiger partial charge in [0.1, 0.15) is 5.82 Å². The number of nitrogens with one attached hydrogen (secondary N) is 3. The van der Waals surface area contributed by atoms with Crippen LogP contribution in [0, 0.1) is 5.82 Å². The van der Waals surface area contributed by atoms with Gasteiger partial charge < -0.3 is 20.7 Å². The van der Waals surface area contributed by atoms with Crippen LogP contribution in [0.3, 0.4) is 0 Å². The first kappa shape index (κ1) is 15.2. The molecule has 0 aromatic heterocycles. The maximum absolute atomic E-state index is 14.1. The van der Waals surface area contributed by atoms with Gasteiger partial charge in [-0.05, 0) is 50.4 Å². The van der Waals surface area contributed by atoms with Crippen LogP contribution < -0.4 is 16.0 Å². The van der Waals surface area contributed by atoms with E-state index in [9.17, 15) is 9.18 Å². The third kappa shape index (κ3) is 3.75. The Morgan fingerprint density at radius 1 is 1.36 bits per heavy atom. The standard InChI is InChI=1S/C16H22FN3O2/c17-13-9-11(20-16(21)15-4-1-7-18-15)5-6-14(13)19-10-12-3-2-8-22-12/h5-6,9,12,15,18-19H,1-4,7-8,10H2,(H,20,21). The third-order valence-electron chi connectivity index (χ3n) is 4.16. The second kappa shape index (κ2) is 7.07. The van der Waals surface area contributed by atoms with E-state index >= 15 is 0 Å². The van der Waals surface area contributed by atoms with Crippen LogP contribution in [0.1, 0.15) is 25.7 Å². The molecule has 2 saturated heterocycles. The van der Waals surface area contributed by atoms with Crippen LogP contribution in [0.2, 0.25) is 0 Å². The lowest BCUT2D eigenvalue weighted by Gasteiger charge is -2.14. The van der Waals surface area contributed by atoms with Gasteiger partial charge in [-0.15, -0.1) is 0 Å². The second-order valence-corrected chi connectivity index (χ2v) is 5.85. The fourth-order valence-corrected chi connectivity index (χ4v) is 2.90. The average Bonchev–Trinajstić information content (AvgIpc) is 3.20. The zero-order valence-electron chi connectivity index (χ0n) is 12.5. The zero-order valence-corrected chi connectivity index (χ0v) is 12.5. The molecular weight excluding hydrogens is 285 g/mol. The van der Waals surface area contributed by atoms with Crippen LogP contribution in [0.25, 0.3) is 0 Å². The molecule has 1 amide bonds. The molecule has 1 aromatic carbocycles. The summed E-state index contributed by atoms with van der Waals surface area (Å²) >= 11 is 0. The van der Waals surface area contributed by atoms with Gasteiger partial charge in [-0.1, -0.05) is 0 Å². The van der Waals surface area contributed by atoms with Crippen molar-refractivity contribution >= 4 is 17.3 Å². The molecule has 2 aliphatic rings. The van der Waals surface area contributed by atoms with Crippen molar-refractivity contribution in [1.82, 2.24) is 5.32 Å². The van der Waals surface area contributed by atoms with Gasteiger partial charge in [0.05, 0.1) is 17.8 Å². The Hall–Kier alpha value is -1.66. The molecule has 5 nitrogen and oxygen atoms in total. The van der Waals surface area contributed by atoms with Crippen molar-refractivity contribution in [3.8, 4) is 0 Å². The molecule has 2 heterocycles. The largest absolute Gasteiger partial charge is 0.380 e. The first-order valence-electron chi connectivity index (χ1n) is 7.91. The lowest BCUT2D eigenvalue weighted by atomic mass is 10.2. The van der Waals surface area contributed by atoms with E-state index < -0.39 is 0 Å². The molecule has 120 valence electrons. The molecule has 3 N–H and O–H groups in total. The van der Waals surface area contributed by atoms with Crippen molar-refractivity contribution in [2.75, 3.05) is 30.3 Å². The summed E-state index contributed by atoms with van der Waals surface area (Å²) in [4.78, 5) is 12.0. The predicted octanol–water partition coefficient (Wildman–Crippen LogP) is 2.11. The van der Waals surface area contributed by atoms with Crippen molar-refractivity contribution in [1.29, 1.82) is 0 Å². The highest BCUT2D eigenvalue weighted by Gasteiger charge is 2.22. The number of hydrogen-bond acceptors (Lipinski definition) is 4. The molecule has 2 atom stereocenters. The minimum absolute atomic E-state index is 0.100. The van der Waals surface area contributed by atoms with E-state index in [2.05, 4.69) is 16.0 Å². The summed E-state index contributed by atoms with van der Waals surface area (Å²) in [6.07, 6.45) is 4.06. The number of rotatable bonds is 5. The number of carbonyl (C=O) groups is 1. The van der Waals surface area contributed by atoms with Crippen LogP contribution in [-0.4, -0.2) is 37.7 Å². The van der Waals surface area contributed by atoms with E-state index in [-0.39, 0.29) is 23.9 Å². The van der Waals surface area contributed by atoms with Crippen molar-refractivity contribution in [2.24, 2.45) is 0 Å². The molecule has 0 aliphatic carbocycles. The summed E-state index contributed by atoms with van der Waals surface area (Å²) in [7, 11) is 0. The Morgan fingerprint density at radius 2 is 2.27 bits per heavy atom. The van der Waals surface area contributed by atoms with Crippen molar-refractivity contribution in [3.05, 3.63) is 24.0 Å². The number of anilines is 2. The van der Waals surface area contributed by atoms with Crippen LogP contribution >= 0.6 is 0 Å². The molecular formula is C16H22FN3O2. The molecule has 1 aromatic rings. The van der Waals surface area contributed by atoms with E-state index in [1.165, 1.54) is 6.07 Å². The van der Waals surface area contributed by atoms with Crippen LogP contribution in [0.5, 0.6) is 0 Å². The Bertz CT molecular complexity index is 526. The van der Waals surface area contributed by atoms with E-state index in [1.807, 2.05) is 0 Å². The van der Waals surface area contributed by atoms with Gasteiger partial charge in [-0.25, -0.2) is 4.39 Å². The number of carbonyl (C=O) groups excluding carboxylic acids is 1. The molecule has 22 heavy (non-hydrogen) atoms. The van der Waals surface area contributed by atoms with Gasteiger partial charge in [0.2, 0.25) is 5.91 Å². The Labute approximate surface area is 129 Å². The van der Waals surface area contributed by atoms with Gasteiger partial charge >= 0.3 is 0 Å². The molecule has 3 rings (SSSR count). The van der Waals surface area contributed by atoms with E-state index in [0.29, 0.717) is 17.9 Å². The first-order valence-corrected chi connectivity index (χ1v) is 7.91. The fraction of sp³-hybridized carbons (Fsp3) is 0.562. The first-order chi connectivity index (χ1) is 10.7. The Morgan fingerprint density at radius 3 is 2.95 bits per heavy atom. The molecule has 0 spiro atoms. The normalized spacial score (nSPS) is 24.4. The van der Waals surface area contributed by atoms with Gasteiger partial charge in [-0.2, -0.15) is 0 Å². The van der Waals surface area contributed by atoms with Crippen molar-refractivity contribution in [3.63, 3.8) is 0 Å². The maximum Gasteiger partial charge on any atom is 0.241 e. The average molecular weight is 307 g/mol. The second-order valence-electron chi connectivity index (χ2n) is 5.85. The Kier molecular flexibility index (Phi) is 4.90. The molecule has 0 saturated carbocycles. The predicted molar refractivity (Wildman–Crippen MR) is 83.5 cm³/mol. The number of ether oxygens (including phenoxy) is 1. The summed E-state index contributed by atoms with van der Waals surface area (Å²) in [5, 5.41) is 8.94. The molecule has 6 heteroatoms. The zero-order chi connectivity index (χ0) is 15.4. The quantitative estimate of drug-likeness (QED) is 0.779. The lowest BCUT2D eigenvalue weighted by Crippen LogP contribution is -2.35. The van der Waals surface area contributed by atoms with Crippen LogP contribution in [-0.2, 0) is 9.53 Å². The number of halogens is 1. The highest BCUT2D eigenvalue weighted by atomic mass is 19.1. The topological polar surface area (TPSA) is 62.4 Å². The lowest BCUT2D eigenvalue weighted by molar-refractivity contribution is -0.117. The minimum Gasteiger partial charge on any atom is -0.380 e. The highest BCUT2D eigenvalue weighted by molar-refractivity contribution is 5.95. The maximum atomic E-state index is 14.1. The summed E-state index contributed by atoms with van der Waals surface area (Å²) in [5.41, 5.74) is 0.923. The molecule has 0 bridgehead atoms. The van der Waals surface area contributed by atoms with Gasteiger partial charge in [0.15, 0.2) is 0 Å². The summed E-state index contributed by atoms with van der Waals surface area (Å²) in [6.45, 7) is 2.25. The summed E-state index contributed by atoms with van der Waals surface area (Å²) in [5.74, 6) is -0.466. The van der Waals surface area contributed by atoms with Crippen molar-refractivity contribution in [2.45, 2.75) is 37.8 Å². The van der Waals surface area contributed by atoms with Gasteiger partial charge in [0, 0.05) is 18.8 Å². The third-order valence-corrected chi connectivity index (χ3v) is 4.16. The molecule has 2 fully saturated rings. The van der Waals surface area contributed by atoms with Crippen LogP contribution in [0.4, 0.5) is 15.8 Å². The van der Waals surface area contributed by atoms with Gasteiger partial charge in [-0.3, -0.25) is 4.79 Å². The molecule has 2 aliphatic heterocycles. The van der Waals surface area contributed by atoms with Crippen molar-refractivity contribution < 1.29 is 13.9 Å². The summed E-state index contributed by atoms with van der Waals surface area (Å²) in [6, 6.07) is 4.56. The highest BCUT2D eigenvalue weighted by Crippen LogP contribution is 2.21. The fourth-order valence-electron chi connectivity index (χ4n) is 2.90.